The third-order valence-electron chi connectivity index (χ3n) is 7.77. The van der Waals surface area contributed by atoms with Gasteiger partial charge < -0.3 is 14.0 Å². The molecule has 9 rings (SSSR count). The van der Waals surface area contributed by atoms with Crippen LogP contribution in [0.15, 0.2) is 144 Å². The van der Waals surface area contributed by atoms with Gasteiger partial charge >= 0.3 is 0 Å². The van der Waals surface area contributed by atoms with Gasteiger partial charge in [-0.25, -0.2) is 0 Å². The van der Waals surface area contributed by atoms with Crippen LogP contribution in [0.25, 0.3) is 72.1 Å². The van der Waals surface area contributed by atoms with E-state index in [1.54, 1.807) is 24.4 Å². The molecule has 0 atom stereocenters. The van der Waals surface area contributed by atoms with Crippen molar-refractivity contribution >= 4 is 43.7 Å². The summed E-state index contributed by atoms with van der Waals surface area (Å²) < 4.78 is 30.4. The number of aryl methyl sites for hydroxylation is 1. The predicted molar refractivity (Wildman–Crippen MR) is 181 cm³/mol. The molecule has 6 heteroatoms. The zero-order valence-electron chi connectivity index (χ0n) is 27.3. The van der Waals surface area contributed by atoms with Crippen LogP contribution in [-0.2, 0) is 20.1 Å². The molecule has 0 saturated heterocycles. The summed E-state index contributed by atoms with van der Waals surface area (Å²) in [5.74, 6) is 0.785. The van der Waals surface area contributed by atoms with Crippen LogP contribution in [-0.4, -0.2) is 19.5 Å². The van der Waals surface area contributed by atoms with E-state index in [0.29, 0.717) is 0 Å². The van der Waals surface area contributed by atoms with Crippen molar-refractivity contribution in [3.05, 3.63) is 158 Å². The Morgan fingerprint density at radius 2 is 1.57 bits per heavy atom. The first-order valence-electron chi connectivity index (χ1n) is 16.0. The van der Waals surface area contributed by atoms with E-state index in [4.69, 9.17) is 13.5 Å². The number of nitrogens with zero attached hydrogens (tertiary/aromatic N) is 4. The average molecular weight is 774 g/mol. The molecule has 46 heavy (non-hydrogen) atoms. The monoisotopic (exact) mass is 774 g/mol. The largest absolute Gasteiger partial charge is 0.500 e. The van der Waals surface area contributed by atoms with Crippen LogP contribution in [0.5, 0.6) is 0 Å². The molecule has 4 aromatic heterocycles. The minimum Gasteiger partial charge on any atom is -0.500 e. The Bertz CT molecular complexity index is 2550. The second-order valence-corrected chi connectivity index (χ2v) is 10.5. The molecule has 5 nitrogen and oxygen atoms in total. The van der Waals surface area contributed by atoms with Crippen molar-refractivity contribution in [1.82, 2.24) is 19.5 Å². The van der Waals surface area contributed by atoms with E-state index in [1.807, 2.05) is 66.9 Å². The molecule has 0 aliphatic heterocycles. The molecular formula is C40H26IrN4O-2. The Hall–Kier alpha value is -5.42. The molecule has 0 N–H and O–H groups in total. The van der Waals surface area contributed by atoms with Gasteiger partial charge in [-0.1, -0.05) is 77.7 Å². The van der Waals surface area contributed by atoms with E-state index in [-0.39, 0.29) is 25.7 Å². The second kappa shape index (κ2) is 12.5. The molecule has 0 spiro atoms. The number of aromatic nitrogens is 4. The smallest absolute Gasteiger partial charge is 0.128 e. The van der Waals surface area contributed by atoms with Crippen molar-refractivity contribution in [2.24, 2.45) is 0 Å². The summed E-state index contributed by atoms with van der Waals surface area (Å²) in [6, 6.07) is 45.9. The predicted octanol–water partition coefficient (Wildman–Crippen LogP) is 9.79. The Kier molecular flexibility index (Phi) is 7.04. The Morgan fingerprint density at radius 3 is 2.39 bits per heavy atom. The van der Waals surface area contributed by atoms with Gasteiger partial charge in [0.25, 0.3) is 0 Å². The Balaban J connectivity index is 0.000000189. The number of para-hydroxylation sites is 1. The molecule has 0 aliphatic carbocycles. The minimum atomic E-state index is -2.09. The average Bonchev–Trinajstić information content (AvgIpc) is 3.72. The van der Waals surface area contributed by atoms with Gasteiger partial charge in [0.2, 0.25) is 0 Å². The van der Waals surface area contributed by atoms with Gasteiger partial charge in [-0.05, 0) is 41.7 Å². The van der Waals surface area contributed by atoms with Gasteiger partial charge in [0, 0.05) is 53.1 Å². The topological polar surface area (TPSA) is 56.7 Å². The third-order valence-corrected chi connectivity index (χ3v) is 7.77. The number of imidazole rings is 1. The quantitative estimate of drug-likeness (QED) is 0.168. The molecule has 9 aromatic rings. The van der Waals surface area contributed by atoms with Crippen molar-refractivity contribution in [1.29, 1.82) is 0 Å². The molecular weight excluding hydrogens is 745 g/mol. The summed E-state index contributed by atoms with van der Waals surface area (Å²) in [4.78, 5) is 13.4. The van der Waals surface area contributed by atoms with Crippen LogP contribution >= 0.6 is 0 Å². The fourth-order valence-corrected chi connectivity index (χ4v) is 5.67. The van der Waals surface area contributed by atoms with Gasteiger partial charge in [-0.2, -0.15) is 0 Å². The summed E-state index contributed by atoms with van der Waals surface area (Å²) in [6.45, 7) is -2.09. The van der Waals surface area contributed by atoms with Gasteiger partial charge in [0.15, 0.2) is 0 Å². The van der Waals surface area contributed by atoms with Crippen LogP contribution in [0.4, 0.5) is 0 Å². The first-order valence-corrected chi connectivity index (χ1v) is 14.5. The second-order valence-electron chi connectivity index (χ2n) is 10.5. The van der Waals surface area contributed by atoms with E-state index >= 15 is 0 Å². The molecule has 5 aromatic carbocycles. The van der Waals surface area contributed by atoms with Crippen LogP contribution in [0.3, 0.4) is 0 Å². The maximum atomic E-state index is 7.23. The third kappa shape index (κ3) is 5.28. The number of benzene rings is 5. The first kappa shape index (κ1) is 25.9. The molecule has 223 valence electrons. The summed E-state index contributed by atoms with van der Waals surface area (Å²) in [5, 5.41) is 4.42. The fraction of sp³-hybridized carbons (Fsp3) is 0.0250. The molecule has 0 unspecified atom stereocenters. The van der Waals surface area contributed by atoms with Gasteiger partial charge in [0.05, 0.1) is 28.6 Å². The summed E-state index contributed by atoms with van der Waals surface area (Å²) in [6.07, 6.45) is 5.01. The van der Waals surface area contributed by atoms with Crippen molar-refractivity contribution in [2.75, 3.05) is 0 Å². The van der Waals surface area contributed by atoms with Crippen LogP contribution in [0.2, 0.25) is 0 Å². The minimum absolute atomic E-state index is 0. The number of furan rings is 1. The molecule has 0 amide bonds. The Morgan fingerprint density at radius 1 is 0.717 bits per heavy atom. The van der Waals surface area contributed by atoms with Gasteiger partial charge in [0.1, 0.15) is 5.58 Å². The summed E-state index contributed by atoms with van der Waals surface area (Å²) in [5.41, 5.74) is 7.21. The maximum Gasteiger partial charge on any atom is 0.128 e. The zero-order chi connectivity index (χ0) is 32.7. The SMILES string of the molecule is [2H]C([2H])([2H])c1ccc(-c2[c-]cccc2)nc1.[Ir].[c-]1ccc2c(oc3c4ccccc4ccc23)c1-c1nc2ccncc2n1-c1ccccc1. The number of pyridine rings is 2. The van der Waals surface area contributed by atoms with E-state index in [2.05, 4.69) is 69.1 Å². The van der Waals surface area contributed by atoms with Crippen LogP contribution in [0, 0.1) is 19.0 Å². The van der Waals surface area contributed by atoms with E-state index < -0.39 is 6.85 Å². The van der Waals surface area contributed by atoms with Crippen molar-refractivity contribution in [2.45, 2.75) is 6.85 Å². The van der Waals surface area contributed by atoms with Crippen molar-refractivity contribution in [3.8, 4) is 28.3 Å². The van der Waals surface area contributed by atoms with E-state index in [1.165, 1.54) is 6.20 Å². The van der Waals surface area contributed by atoms with Crippen molar-refractivity contribution < 1.29 is 28.6 Å². The van der Waals surface area contributed by atoms with E-state index in [9.17, 15) is 0 Å². The van der Waals surface area contributed by atoms with Gasteiger partial charge in [-0.3, -0.25) is 9.97 Å². The number of fused-ring (bicyclic) bond motifs is 6. The first-order chi connectivity index (χ1) is 23.5. The fourth-order valence-electron chi connectivity index (χ4n) is 5.67. The molecule has 4 heterocycles. The van der Waals surface area contributed by atoms with Crippen LogP contribution < -0.4 is 0 Å². The zero-order valence-corrected chi connectivity index (χ0v) is 26.7. The van der Waals surface area contributed by atoms with E-state index in [0.717, 1.165) is 72.1 Å². The van der Waals surface area contributed by atoms with Gasteiger partial charge in [-0.15, -0.1) is 54.1 Å². The number of rotatable bonds is 3. The maximum absolute atomic E-state index is 7.23. The summed E-state index contributed by atoms with van der Waals surface area (Å²) in [7, 11) is 0. The number of hydrogen-bond donors (Lipinski definition) is 0. The normalized spacial score (nSPS) is 12.2. The molecule has 0 aliphatic rings. The molecule has 0 fully saturated rings. The molecule has 0 bridgehead atoms. The molecule has 0 saturated carbocycles. The summed E-state index contributed by atoms with van der Waals surface area (Å²) >= 11 is 0. The Labute approximate surface area is 283 Å². The number of hydrogen-bond acceptors (Lipinski definition) is 4. The standard InChI is InChI=1S/C28H16N3O.C12H10N.Ir/c1-2-8-19(9-3-1)31-25-17-29-16-15-24(25)30-28(31)23-12-6-11-21-22-14-13-18-7-4-5-10-20(18)26(22)32-27(21)23;1-10-7-8-12(13-9-10)11-5-3-2-4-6-11;/h1-11,13-17H;2-5,7-9H,1H3;/q2*-1;/i;1D3;. The molecule has 1 radical (unpaired) electrons. The van der Waals surface area contributed by atoms with Crippen LogP contribution in [0.1, 0.15) is 9.68 Å². The van der Waals surface area contributed by atoms with Crippen molar-refractivity contribution in [3.63, 3.8) is 0 Å².